The highest BCUT2D eigenvalue weighted by Crippen LogP contribution is 2.37. The summed E-state index contributed by atoms with van der Waals surface area (Å²) in [5.41, 5.74) is -1.22. The number of halogens is 1. The minimum atomic E-state index is -2.40. The van der Waals surface area contributed by atoms with E-state index in [4.69, 9.17) is 4.74 Å². The fraction of sp³-hybridized carbons (Fsp3) is 0.286. The third kappa shape index (κ3) is 3.97. The van der Waals surface area contributed by atoms with Gasteiger partial charge < -0.3 is 4.74 Å². The van der Waals surface area contributed by atoms with Gasteiger partial charge in [0, 0.05) is 15.8 Å². The van der Waals surface area contributed by atoms with Gasteiger partial charge >= 0.3 is 11.5 Å². The molecule has 0 saturated carbocycles. The molecular weight excluding hydrogens is 456 g/mol. The van der Waals surface area contributed by atoms with E-state index in [1.807, 2.05) is 0 Å². The van der Waals surface area contributed by atoms with Crippen LogP contribution in [0.1, 0.15) is 17.5 Å². The molecule has 30 heavy (non-hydrogen) atoms. The van der Waals surface area contributed by atoms with Crippen molar-refractivity contribution in [3.05, 3.63) is 80.3 Å². The van der Waals surface area contributed by atoms with E-state index in [2.05, 4.69) is 15.9 Å². The lowest BCUT2D eigenvalue weighted by atomic mass is 9.78. The molecular formula is C21H19BrN2O6. The van der Waals surface area contributed by atoms with E-state index in [1.165, 1.54) is 0 Å². The topological polar surface area (TPSA) is 107 Å². The van der Waals surface area contributed by atoms with Gasteiger partial charge in [0.1, 0.15) is 5.92 Å². The molecule has 0 aliphatic carbocycles. The number of carbonyl (C=O) groups is 3. The quantitative estimate of drug-likeness (QED) is 0.264. The Labute approximate surface area is 181 Å². The summed E-state index contributed by atoms with van der Waals surface area (Å²) in [6, 6.07) is 15.4. The number of methoxy groups -OCH3 is 1. The predicted molar refractivity (Wildman–Crippen MR) is 110 cm³/mol. The monoisotopic (exact) mass is 474 g/mol. The van der Waals surface area contributed by atoms with Crippen LogP contribution in [0.25, 0.3) is 0 Å². The standard InChI is InChI=1S/C21H19BrN2O6/c1-30-20(27)21(24(28)29,12-14-7-9-16(22)10-8-14)17-11-18(25)23(19(17)26)13-15-5-3-2-4-6-15/h2-10,17H,11-13H2,1H3/t17-,21+/m1/s1. The van der Waals surface area contributed by atoms with Gasteiger partial charge in [0.05, 0.1) is 20.1 Å². The average Bonchev–Trinajstić information content (AvgIpc) is 3.02. The summed E-state index contributed by atoms with van der Waals surface area (Å²) >= 11 is 3.29. The van der Waals surface area contributed by atoms with Gasteiger partial charge in [-0.15, -0.1) is 0 Å². The second-order valence-electron chi connectivity index (χ2n) is 7.04. The number of hydrogen-bond donors (Lipinski definition) is 0. The summed E-state index contributed by atoms with van der Waals surface area (Å²) in [5, 5.41) is 12.2. The average molecular weight is 475 g/mol. The van der Waals surface area contributed by atoms with Gasteiger partial charge in [-0.05, 0) is 23.3 Å². The van der Waals surface area contributed by atoms with Crippen LogP contribution >= 0.6 is 15.9 Å². The molecule has 0 bridgehead atoms. The Bertz CT molecular complexity index is 979. The molecule has 1 heterocycles. The number of nitro groups is 1. The lowest BCUT2D eigenvalue weighted by Crippen LogP contribution is -2.57. The largest absolute Gasteiger partial charge is 0.464 e. The van der Waals surface area contributed by atoms with Crippen LogP contribution in [-0.2, 0) is 32.1 Å². The summed E-state index contributed by atoms with van der Waals surface area (Å²) in [6.45, 7) is -0.0116. The first-order valence-corrected chi connectivity index (χ1v) is 9.94. The number of ether oxygens (including phenoxy) is 1. The van der Waals surface area contributed by atoms with Gasteiger partial charge in [-0.3, -0.25) is 24.6 Å². The van der Waals surface area contributed by atoms with Gasteiger partial charge in [-0.2, -0.15) is 0 Å². The fourth-order valence-corrected chi connectivity index (χ4v) is 3.95. The molecule has 0 N–H and O–H groups in total. The minimum absolute atomic E-state index is 0.0116. The van der Waals surface area contributed by atoms with Crippen molar-refractivity contribution < 1.29 is 24.0 Å². The molecule has 9 heteroatoms. The van der Waals surface area contributed by atoms with E-state index >= 15 is 0 Å². The van der Waals surface area contributed by atoms with Crippen molar-refractivity contribution in [2.24, 2.45) is 5.92 Å². The molecule has 2 aromatic carbocycles. The maximum atomic E-state index is 13.1. The second-order valence-corrected chi connectivity index (χ2v) is 7.95. The van der Waals surface area contributed by atoms with E-state index in [0.29, 0.717) is 11.1 Å². The van der Waals surface area contributed by atoms with Crippen molar-refractivity contribution in [3.63, 3.8) is 0 Å². The van der Waals surface area contributed by atoms with Crippen LogP contribution in [0.3, 0.4) is 0 Å². The number of likely N-dealkylation sites (tertiary alicyclic amines) is 1. The summed E-state index contributed by atoms with van der Waals surface area (Å²) in [6.07, 6.45) is -0.804. The molecule has 0 aromatic heterocycles. The third-order valence-corrected chi connectivity index (χ3v) is 5.78. The van der Waals surface area contributed by atoms with Crippen molar-refractivity contribution in [2.75, 3.05) is 7.11 Å². The van der Waals surface area contributed by atoms with Crippen molar-refractivity contribution >= 4 is 33.7 Å². The summed E-state index contributed by atoms with van der Waals surface area (Å²) in [5.74, 6) is -3.91. The van der Waals surface area contributed by atoms with Gasteiger partial charge in [-0.25, -0.2) is 4.79 Å². The van der Waals surface area contributed by atoms with Gasteiger partial charge in [0.2, 0.25) is 11.8 Å². The number of esters is 1. The van der Waals surface area contributed by atoms with Crippen molar-refractivity contribution in [1.29, 1.82) is 0 Å². The van der Waals surface area contributed by atoms with E-state index in [0.717, 1.165) is 16.5 Å². The van der Waals surface area contributed by atoms with Crippen LogP contribution < -0.4 is 0 Å². The predicted octanol–water partition coefficient (Wildman–Crippen LogP) is 2.76. The Kier molecular flexibility index (Phi) is 6.31. The summed E-state index contributed by atoms with van der Waals surface area (Å²) in [7, 11) is 1.03. The summed E-state index contributed by atoms with van der Waals surface area (Å²) in [4.78, 5) is 50.8. The number of imide groups is 1. The normalized spacial score (nSPS) is 18.2. The molecule has 1 aliphatic heterocycles. The molecule has 156 valence electrons. The molecule has 2 amide bonds. The zero-order chi connectivity index (χ0) is 21.9. The van der Waals surface area contributed by atoms with Crippen LogP contribution in [0, 0.1) is 16.0 Å². The van der Waals surface area contributed by atoms with Crippen molar-refractivity contribution in [2.45, 2.75) is 24.9 Å². The number of rotatable bonds is 7. The lowest BCUT2D eigenvalue weighted by Gasteiger charge is -2.27. The van der Waals surface area contributed by atoms with E-state index < -0.39 is 40.6 Å². The Morgan fingerprint density at radius 1 is 1.17 bits per heavy atom. The maximum Gasteiger partial charge on any atom is 0.385 e. The SMILES string of the molecule is COC(=O)[C@](Cc1ccc(Br)cc1)([C@@H]1CC(=O)N(Cc2ccccc2)C1=O)[N+](=O)[O-]. The van der Waals surface area contributed by atoms with E-state index in [-0.39, 0.29) is 13.0 Å². The molecule has 2 atom stereocenters. The highest BCUT2D eigenvalue weighted by atomic mass is 79.9. The number of amides is 2. The molecule has 0 unspecified atom stereocenters. The Balaban J connectivity index is 1.99. The minimum Gasteiger partial charge on any atom is -0.464 e. The molecule has 3 rings (SSSR count). The molecule has 1 saturated heterocycles. The Hall–Kier alpha value is -3.07. The molecule has 0 radical (unpaired) electrons. The summed E-state index contributed by atoms with van der Waals surface area (Å²) < 4.78 is 5.51. The van der Waals surface area contributed by atoms with Gasteiger partial charge in [0.25, 0.3) is 0 Å². The number of nitrogens with zero attached hydrogens (tertiary/aromatic N) is 2. The first-order valence-electron chi connectivity index (χ1n) is 9.15. The smallest absolute Gasteiger partial charge is 0.385 e. The lowest BCUT2D eigenvalue weighted by molar-refractivity contribution is -0.562. The Morgan fingerprint density at radius 2 is 1.80 bits per heavy atom. The molecule has 2 aromatic rings. The van der Waals surface area contributed by atoms with Crippen LogP contribution in [0.4, 0.5) is 0 Å². The first kappa shape index (κ1) is 21.6. The molecule has 1 fully saturated rings. The Morgan fingerprint density at radius 3 is 2.37 bits per heavy atom. The zero-order valence-electron chi connectivity index (χ0n) is 16.1. The highest BCUT2D eigenvalue weighted by molar-refractivity contribution is 9.10. The van der Waals surface area contributed by atoms with Crippen LogP contribution in [-0.4, -0.2) is 40.3 Å². The van der Waals surface area contributed by atoms with E-state index in [1.54, 1.807) is 54.6 Å². The first-order chi connectivity index (χ1) is 14.3. The van der Waals surface area contributed by atoms with Gasteiger partial charge in [-0.1, -0.05) is 58.4 Å². The van der Waals surface area contributed by atoms with Crippen molar-refractivity contribution in [1.82, 2.24) is 4.90 Å². The second kappa shape index (κ2) is 8.74. The van der Waals surface area contributed by atoms with Crippen LogP contribution in [0.15, 0.2) is 59.1 Å². The zero-order valence-corrected chi connectivity index (χ0v) is 17.7. The van der Waals surface area contributed by atoms with Crippen LogP contribution in [0.2, 0.25) is 0 Å². The number of benzene rings is 2. The molecule has 1 aliphatic rings. The van der Waals surface area contributed by atoms with Gasteiger partial charge in [0.15, 0.2) is 0 Å². The number of hydrogen-bond acceptors (Lipinski definition) is 6. The highest BCUT2D eigenvalue weighted by Gasteiger charge is 2.65. The molecule has 8 nitrogen and oxygen atoms in total. The van der Waals surface area contributed by atoms with Crippen molar-refractivity contribution in [3.8, 4) is 0 Å². The maximum absolute atomic E-state index is 13.1. The fourth-order valence-electron chi connectivity index (χ4n) is 3.68. The van der Waals surface area contributed by atoms with E-state index in [9.17, 15) is 24.5 Å². The number of carbonyl (C=O) groups excluding carboxylic acids is 3. The van der Waals surface area contributed by atoms with Crippen LogP contribution in [0.5, 0.6) is 0 Å². The third-order valence-electron chi connectivity index (χ3n) is 5.26. The molecule has 0 spiro atoms.